The number of nitrogens with two attached hydrogens (primary N) is 1. The molecular formula is C14H23N3O. The lowest BCUT2D eigenvalue weighted by Gasteiger charge is -2.48. The Morgan fingerprint density at radius 2 is 2.28 bits per heavy atom. The van der Waals surface area contributed by atoms with E-state index in [4.69, 9.17) is 10.5 Å². The highest BCUT2D eigenvalue weighted by molar-refractivity contribution is 5.17. The molecule has 2 unspecified atom stereocenters. The van der Waals surface area contributed by atoms with Gasteiger partial charge >= 0.3 is 0 Å². The monoisotopic (exact) mass is 249 g/mol. The van der Waals surface area contributed by atoms with Gasteiger partial charge in [0.2, 0.25) is 0 Å². The van der Waals surface area contributed by atoms with Crippen molar-refractivity contribution in [2.45, 2.75) is 38.4 Å². The van der Waals surface area contributed by atoms with Crippen LogP contribution in [-0.2, 0) is 4.74 Å². The molecule has 1 aromatic rings. The van der Waals surface area contributed by atoms with Crippen molar-refractivity contribution in [3.05, 3.63) is 30.1 Å². The molecule has 2 rings (SSSR count). The first-order valence-electron chi connectivity index (χ1n) is 6.52. The van der Waals surface area contributed by atoms with Crippen molar-refractivity contribution in [2.75, 3.05) is 19.8 Å². The zero-order chi connectivity index (χ0) is 13.2. The number of morpholine rings is 1. The van der Waals surface area contributed by atoms with E-state index in [0.717, 1.165) is 19.8 Å². The number of hydrogen-bond donors (Lipinski definition) is 1. The summed E-state index contributed by atoms with van der Waals surface area (Å²) in [6.07, 6.45) is 3.71. The molecule has 2 heterocycles. The first kappa shape index (κ1) is 13.5. The third-order valence-corrected chi connectivity index (χ3v) is 3.57. The van der Waals surface area contributed by atoms with Gasteiger partial charge in [0.05, 0.1) is 19.3 Å². The maximum atomic E-state index is 6.21. The van der Waals surface area contributed by atoms with Crippen LogP contribution in [0.2, 0.25) is 0 Å². The fourth-order valence-electron chi connectivity index (χ4n) is 2.70. The fourth-order valence-corrected chi connectivity index (χ4v) is 2.70. The summed E-state index contributed by atoms with van der Waals surface area (Å²) in [5, 5.41) is 0. The van der Waals surface area contributed by atoms with Gasteiger partial charge in [-0.05, 0) is 32.4 Å². The van der Waals surface area contributed by atoms with Gasteiger partial charge < -0.3 is 10.5 Å². The Hall–Kier alpha value is -0.970. The van der Waals surface area contributed by atoms with E-state index in [-0.39, 0.29) is 17.6 Å². The third-order valence-electron chi connectivity index (χ3n) is 3.57. The summed E-state index contributed by atoms with van der Waals surface area (Å²) in [5.41, 5.74) is 7.40. The van der Waals surface area contributed by atoms with Crippen LogP contribution >= 0.6 is 0 Å². The van der Waals surface area contributed by atoms with E-state index in [9.17, 15) is 0 Å². The van der Waals surface area contributed by atoms with E-state index < -0.39 is 0 Å². The standard InChI is InChI=1S/C14H23N3O/c1-11(15)13(12-5-4-6-16-9-12)17-7-8-18-10-14(17,2)3/h4-6,9,11,13H,7-8,10,15H2,1-3H3. The van der Waals surface area contributed by atoms with Crippen LogP contribution in [0.3, 0.4) is 0 Å². The molecule has 100 valence electrons. The molecule has 0 saturated carbocycles. The molecule has 0 amide bonds. The Kier molecular flexibility index (Phi) is 4.00. The summed E-state index contributed by atoms with van der Waals surface area (Å²) >= 11 is 0. The molecule has 18 heavy (non-hydrogen) atoms. The second kappa shape index (κ2) is 5.34. The summed E-state index contributed by atoms with van der Waals surface area (Å²) in [6.45, 7) is 8.90. The van der Waals surface area contributed by atoms with E-state index in [1.54, 1.807) is 6.20 Å². The Labute approximate surface area is 109 Å². The second-order valence-electron chi connectivity index (χ2n) is 5.65. The fraction of sp³-hybridized carbons (Fsp3) is 0.643. The first-order chi connectivity index (χ1) is 8.52. The number of hydrogen-bond acceptors (Lipinski definition) is 4. The molecule has 1 fully saturated rings. The molecule has 0 spiro atoms. The molecule has 0 aliphatic carbocycles. The lowest BCUT2D eigenvalue weighted by atomic mass is 9.93. The van der Waals surface area contributed by atoms with Gasteiger partial charge in [0.25, 0.3) is 0 Å². The molecule has 0 bridgehead atoms. The topological polar surface area (TPSA) is 51.4 Å². The van der Waals surface area contributed by atoms with Gasteiger partial charge in [-0.2, -0.15) is 0 Å². The zero-order valence-corrected chi connectivity index (χ0v) is 11.5. The van der Waals surface area contributed by atoms with E-state index in [2.05, 4.69) is 36.7 Å². The van der Waals surface area contributed by atoms with Crippen LogP contribution in [0, 0.1) is 0 Å². The Balaban J connectivity index is 2.30. The smallest absolute Gasteiger partial charge is 0.0645 e. The molecule has 4 heteroatoms. The van der Waals surface area contributed by atoms with E-state index in [1.165, 1.54) is 5.56 Å². The lowest BCUT2D eigenvalue weighted by molar-refractivity contribution is -0.0766. The highest BCUT2D eigenvalue weighted by atomic mass is 16.5. The summed E-state index contributed by atoms with van der Waals surface area (Å²) in [6, 6.07) is 4.33. The zero-order valence-electron chi connectivity index (χ0n) is 11.5. The van der Waals surface area contributed by atoms with Crippen molar-refractivity contribution >= 4 is 0 Å². The first-order valence-corrected chi connectivity index (χ1v) is 6.52. The number of rotatable bonds is 3. The summed E-state index contributed by atoms with van der Waals surface area (Å²) in [5.74, 6) is 0. The normalized spacial score (nSPS) is 23.6. The molecule has 2 N–H and O–H groups in total. The lowest BCUT2D eigenvalue weighted by Crippen LogP contribution is -2.57. The average molecular weight is 249 g/mol. The van der Waals surface area contributed by atoms with E-state index in [0.29, 0.717) is 0 Å². The average Bonchev–Trinajstić information content (AvgIpc) is 2.32. The van der Waals surface area contributed by atoms with Gasteiger partial charge in [0, 0.05) is 30.5 Å². The van der Waals surface area contributed by atoms with Crippen LogP contribution in [-0.4, -0.2) is 41.2 Å². The van der Waals surface area contributed by atoms with Crippen molar-refractivity contribution in [2.24, 2.45) is 5.73 Å². The SMILES string of the molecule is CC(N)C(c1cccnc1)N1CCOCC1(C)C. The molecule has 1 aliphatic heterocycles. The Morgan fingerprint density at radius 1 is 1.50 bits per heavy atom. The predicted octanol–water partition coefficient (Wildman–Crippen LogP) is 1.58. The summed E-state index contributed by atoms with van der Waals surface area (Å²) in [7, 11) is 0. The number of ether oxygens (including phenoxy) is 1. The molecule has 4 nitrogen and oxygen atoms in total. The molecule has 1 aliphatic rings. The van der Waals surface area contributed by atoms with Crippen molar-refractivity contribution < 1.29 is 4.74 Å². The maximum Gasteiger partial charge on any atom is 0.0645 e. The van der Waals surface area contributed by atoms with Gasteiger partial charge in [-0.3, -0.25) is 9.88 Å². The van der Waals surface area contributed by atoms with Crippen molar-refractivity contribution in [3.8, 4) is 0 Å². The molecule has 0 aromatic carbocycles. The predicted molar refractivity (Wildman–Crippen MR) is 72.2 cm³/mol. The maximum absolute atomic E-state index is 6.21. The second-order valence-corrected chi connectivity index (χ2v) is 5.65. The van der Waals surface area contributed by atoms with Gasteiger partial charge in [-0.25, -0.2) is 0 Å². The van der Waals surface area contributed by atoms with Crippen molar-refractivity contribution in [3.63, 3.8) is 0 Å². The summed E-state index contributed by atoms with van der Waals surface area (Å²) in [4.78, 5) is 6.66. The molecule has 1 saturated heterocycles. The van der Waals surface area contributed by atoms with Crippen LogP contribution in [0.5, 0.6) is 0 Å². The van der Waals surface area contributed by atoms with Crippen molar-refractivity contribution in [1.82, 2.24) is 9.88 Å². The molecule has 0 radical (unpaired) electrons. The third kappa shape index (κ3) is 2.71. The molecular weight excluding hydrogens is 226 g/mol. The van der Waals surface area contributed by atoms with Gasteiger partial charge in [0.15, 0.2) is 0 Å². The van der Waals surface area contributed by atoms with Gasteiger partial charge in [-0.15, -0.1) is 0 Å². The molecule has 2 atom stereocenters. The van der Waals surface area contributed by atoms with Crippen LogP contribution in [0.15, 0.2) is 24.5 Å². The van der Waals surface area contributed by atoms with E-state index in [1.807, 2.05) is 12.3 Å². The van der Waals surface area contributed by atoms with Gasteiger partial charge in [0.1, 0.15) is 0 Å². The minimum absolute atomic E-state index is 0.00634. The Morgan fingerprint density at radius 3 is 2.83 bits per heavy atom. The van der Waals surface area contributed by atoms with Gasteiger partial charge in [-0.1, -0.05) is 6.07 Å². The summed E-state index contributed by atoms with van der Waals surface area (Å²) < 4.78 is 5.58. The van der Waals surface area contributed by atoms with Crippen molar-refractivity contribution in [1.29, 1.82) is 0 Å². The minimum Gasteiger partial charge on any atom is -0.378 e. The van der Waals surface area contributed by atoms with Crippen LogP contribution in [0.1, 0.15) is 32.4 Å². The quantitative estimate of drug-likeness (QED) is 0.883. The highest BCUT2D eigenvalue weighted by Crippen LogP contribution is 2.31. The van der Waals surface area contributed by atoms with Crippen LogP contribution in [0.4, 0.5) is 0 Å². The minimum atomic E-state index is 0.00634. The molecule has 1 aromatic heterocycles. The van der Waals surface area contributed by atoms with Crippen LogP contribution in [0.25, 0.3) is 0 Å². The largest absolute Gasteiger partial charge is 0.378 e. The van der Waals surface area contributed by atoms with Crippen LogP contribution < -0.4 is 5.73 Å². The number of nitrogens with zero attached hydrogens (tertiary/aromatic N) is 2. The number of aromatic nitrogens is 1. The number of pyridine rings is 1. The highest BCUT2D eigenvalue weighted by Gasteiger charge is 2.37. The Bertz CT molecular complexity index is 378. The van der Waals surface area contributed by atoms with E-state index >= 15 is 0 Å².